The minimum Gasteiger partial charge on any atom is -0.380 e. The van der Waals surface area contributed by atoms with Gasteiger partial charge in [-0.15, -0.1) is 0 Å². The Morgan fingerprint density at radius 1 is 1.41 bits per heavy atom. The summed E-state index contributed by atoms with van der Waals surface area (Å²) >= 11 is 12.0. The van der Waals surface area contributed by atoms with Crippen molar-refractivity contribution in [2.75, 3.05) is 7.11 Å². The monoisotopic (exact) mass is 276 g/mol. The summed E-state index contributed by atoms with van der Waals surface area (Å²) in [5.74, 6) is 5.55. The van der Waals surface area contributed by atoms with Gasteiger partial charge in [-0.2, -0.15) is 0 Å². The minimum absolute atomic E-state index is 0.0312. The summed E-state index contributed by atoms with van der Waals surface area (Å²) in [6.45, 7) is 2.06. The summed E-state index contributed by atoms with van der Waals surface area (Å²) in [6.07, 6.45) is 1.65. The van der Waals surface area contributed by atoms with Gasteiger partial charge in [0, 0.05) is 17.2 Å². The Hall–Kier alpha value is -0.320. The molecule has 3 N–H and O–H groups in total. The molecule has 0 aromatic heterocycles. The molecule has 2 atom stereocenters. The standard InChI is InChI=1S/C12H18Cl2N2O/c1-3-12(17-2)11(16-15)6-8-4-5-9(13)7-10(8)14/h4-5,7,11-12,16H,3,6,15H2,1-2H3. The van der Waals surface area contributed by atoms with Crippen molar-refractivity contribution < 1.29 is 4.74 Å². The van der Waals surface area contributed by atoms with Crippen LogP contribution in [0.3, 0.4) is 0 Å². The highest BCUT2D eigenvalue weighted by atomic mass is 35.5. The molecule has 1 aromatic carbocycles. The van der Waals surface area contributed by atoms with E-state index in [1.54, 1.807) is 13.2 Å². The second kappa shape index (κ2) is 7.19. The molecule has 1 rings (SSSR count). The molecule has 3 nitrogen and oxygen atoms in total. The number of benzene rings is 1. The fraction of sp³-hybridized carbons (Fsp3) is 0.500. The van der Waals surface area contributed by atoms with Crippen LogP contribution in [-0.2, 0) is 11.2 Å². The number of hydrazine groups is 1. The summed E-state index contributed by atoms with van der Waals surface area (Å²) in [4.78, 5) is 0. The van der Waals surface area contributed by atoms with Gasteiger partial charge >= 0.3 is 0 Å². The third-order valence-corrected chi connectivity index (χ3v) is 3.41. The quantitative estimate of drug-likeness (QED) is 0.621. The summed E-state index contributed by atoms with van der Waals surface area (Å²) in [5, 5.41) is 1.29. The number of nitrogens with one attached hydrogen (secondary N) is 1. The summed E-state index contributed by atoms with van der Waals surface area (Å²) in [7, 11) is 1.68. The molecule has 0 aliphatic rings. The van der Waals surface area contributed by atoms with E-state index in [1.807, 2.05) is 12.1 Å². The van der Waals surface area contributed by atoms with Crippen molar-refractivity contribution in [3.63, 3.8) is 0 Å². The molecule has 0 fully saturated rings. The Labute approximate surface area is 112 Å². The van der Waals surface area contributed by atoms with Gasteiger partial charge in [0.2, 0.25) is 0 Å². The van der Waals surface area contributed by atoms with Gasteiger partial charge in [-0.3, -0.25) is 11.3 Å². The van der Waals surface area contributed by atoms with E-state index in [-0.39, 0.29) is 12.1 Å². The van der Waals surface area contributed by atoms with E-state index in [0.29, 0.717) is 16.5 Å². The zero-order valence-electron chi connectivity index (χ0n) is 10.0. The Balaban J connectivity index is 2.80. The van der Waals surface area contributed by atoms with Crippen molar-refractivity contribution in [1.29, 1.82) is 0 Å². The molecule has 96 valence electrons. The Bertz CT molecular complexity index is 356. The van der Waals surface area contributed by atoms with Crippen molar-refractivity contribution in [2.24, 2.45) is 5.84 Å². The Morgan fingerprint density at radius 3 is 2.59 bits per heavy atom. The molecule has 0 aliphatic carbocycles. The fourth-order valence-corrected chi connectivity index (χ4v) is 2.32. The van der Waals surface area contributed by atoms with Gasteiger partial charge in [0.15, 0.2) is 0 Å². The zero-order valence-corrected chi connectivity index (χ0v) is 11.6. The number of methoxy groups -OCH3 is 1. The molecule has 0 aliphatic heterocycles. The van der Waals surface area contributed by atoms with Crippen molar-refractivity contribution in [3.8, 4) is 0 Å². The summed E-state index contributed by atoms with van der Waals surface area (Å²) in [6, 6.07) is 5.50. The predicted molar refractivity (Wildman–Crippen MR) is 72.4 cm³/mol. The average molecular weight is 277 g/mol. The van der Waals surface area contributed by atoms with Crippen LogP contribution in [0.25, 0.3) is 0 Å². The fourth-order valence-electron chi connectivity index (χ4n) is 1.84. The second-order valence-corrected chi connectivity index (χ2v) is 4.74. The highest BCUT2D eigenvalue weighted by Gasteiger charge is 2.19. The maximum atomic E-state index is 6.13. The van der Waals surface area contributed by atoms with Crippen LogP contribution in [-0.4, -0.2) is 19.3 Å². The van der Waals surface area contributed by atoms with Gasteiger partial charge < -0.3 is 4.74 Å². The zero-order chi connectivity index (χ0) is 12.8. The van der Waals surface area contributed by atoms with Crippen LogP contribution < -0.4 is 11.3 Å². The molecule has 0 heterocycles. The van der Waals surface area contributed by atoms with Crippen molar-refractivity contribution in [2.45, 2.75) is 31.9 Å². The lowest BCUT2D eigenvalue weighted by Crippen LogP contribution is -2.46. The van der Waals surface area contributed by atoms with Crippen LogP contribution in [0.15, 0.2) is 18.2 Å². The lowest BCUT2D eigenvalue weighted by molar-refractivity contribution is 0.0654. The van der Waals surface area contributed by atoms with Gasteiger partial charge in [0.1, 0.15) is 0 Å². The van der Waals surface area contributed by atoms with Gasteiger partial charge in [-0.25, -0.2) is 0 Å². The van der Waals surface area contributed by atoms with Crippen LogP contribution in [0.1, 0.15) is 18.9 Å². The van der Waals surface area contributed by atoms with Gasteiger partial charge in [-0.1, -0.05) is 36.2 Å². The normalized spacial score (nSPS) is 14.6. The van der Waals surface area contributed by atoms with Crippen LogP contribution >= 0.6 is 23.2 Å². The molecule has 0 bridgehead atoms. The first-order chi connectivity index (χ1) is 8.12. The molecule has 2 unspecified atom stereocenters. The first-order valence-corrected chi connectivity index (χ1v) is 6.30. The second-order valence-electron chi connectivity index (χ2n) is 3.90. The molecule has 0 radical (unpaired) electrons. The van der Waals surface area contributed by atoms with Crippen LogP contribution in [0, 0.1) is 0 Å². The Morgan fingerprint density at radius 2 is 2.12 bits per heavy atom. The maximum Gasteiger partial charge on any atom is 0.0738 e. The van der Waals surface area contributed by atoms with Gasteiger partial charge in [0.05, 0.1) is 12.1 Å². The number of ether oxygens (including phenoxy) is 1. The third-order valence-electron chi connectivity index (χ3n) is 2.82. The van der Waals surface area contributed by atoms with Crippen LogP contribution in [0.2, 0.25) is 10.0 Å². The van der Waals surface area contributed by atoms with E-state index in [2.05, 4.69) is 12.3 Å². The molecule has 5 heteroatoms. The van der Waals surface area contributed by atoms with Gasteiger partial charge in [-0.05, 0) is 30.5 Å². The van der Waals surface area contributed by atoms with E-state index in [0.717, 1.165) is 12.0 Å². The lowest BCUT2D eigenvalue weighted by Gasteiger charge is -2.24. The Kier molecular flexibility index (Phi) is 6.23. The molecule has 0 amide bonds. The number of hydrogen-bond donors (Lipinski definition) is 2. The van der Waals surface area contributed by atoms with E-state index in [1.165, 1.54) is 0 Å². The largest absolute Gasteiger partial charge is 0.380 e. The van der Waals surface area contributed by atoms with Crippen molar-refractivity contribution in [1.82, 2.24) is 5.43 Å². The van der Waals surface area contributed by atoms with Gasteiger partial charge in [0.25, 0.3) is 0 Å². The molecular weight excluding hydrogens is 259 g/mol. The summed E-state index contributed by atoms with van der Waals surface area (Å²) < 4.78 is 5.38. The molecule has 0 saturated heterocycles. The molecule has 1 aromatic rings. The number of nitrogens with two attached hydrogens (primary N) is 1. The first kappa shape index (κ1) is 14.7. The molecule has 0 saturated carbocycles. The predicted octanol–water partition coefficient (Wildman–Crippen LogP) is 2.79. The maximum absolute atomic E-state index is 6.13. The first-order valence-electron chi connectivity index (χ1n) is 5.55. The number of halogens is 2. The van der Waals surface area contributed by atoms with E-state index in [9.17, 15) is 0 Å². The average Bonchev–Trinajstić information content (AvgIpc) is 2.32. The van der Waals surface area contributed by atoms with E-state index < -0.39 is 0 Å². The lowest BCUT2D eigenvalue weighted by atomic mass is 10.00. The SMILES string of the molecule is CCC(OC)C(Cc1ccc(Cl)cc1Cl)NN. The highest BCUT2D eigenvalue weighted by molar-refractivity contribution is 6.35. The molecule has 0 spiro atoms. The number of hydrogen-bond acceptors (Lipinski definition) is 3. The highest BCUT2D eigenvalue weighted by Crippen LogP contribution is 2.23. The van der Waals surface area contributed by atoms with Crippen molar-refractivity contribution in [3.05, 3.63) is 33.8 Å². The summed E-state index contributed by atoms with van der Waals surface area (Å²) in [5.41, 5.74) is 3.79. The van der Waals surface area contributed by atoms with Crippen LogP contribution in [0.4, 0.5) is 0 Å². The van der Waals surface area contributed by atoms with Crippen molar-refractivity contribution >= 4 is 23.2 Å². The number of rotatable bonds is 6. The van der Waals surface area contributed by atoms with E-state index in [4.69, 9.17) is 33.8 Å². The van der Waals surface area contributed by atoms with Crippen LogP contribution in [0.5, 0.6) is 0 Å². The third kappa shape index (κ3) is 4.12. The molecular formula is C12H18Cl2N2O. The smallest absolute Gasteiger partial charge is 0.0738 e. The molecule has 17 heavy (non-hydrogen) atoms. The topological polar surface area (TPSA) is 47.3 Å². The van der Waals surface area contributed by atoms with E-state index >= 15 is 0 Å². The minimum atomic E-state index is 0.0312.